The molecule has 0 spiro atoms. The molecule has 2 rings (SSSR count). The number of nitrogens with two attached hydrogens (primary N) is 1. The zero-order chi connectivity index (χ0) is 15.2. The van der Waals surface area contributed by atoms with Gasteiger partial charge in [0.05, 0.1) is 23.5 Å². The van der Waals surface area contributed by atoms with Gasteiger partial charge in [0, 0.05) is 6.54 Å². The van der Waals surface area contributed by atoms with Gasteiger partial charge >= 0.3 is 0 Å². The Hall–Kier alpha value is -1.73. The van der Waals surface area contributed by atoms with Gasteiger partial charge in [-0.25, -0.2) is 9.37 Å². The van der Waals surface area contributed by atoms with Gasteiger partial charge in [0.25, 0.3) is 0 Å². The van der Waals surface area contributed by atoms with E-state index in [0.29, 0.717) is 41.5 Å². The van der Waals surface area contributed by atoms with Crippen molar-refractivity contribution in [3.05, 3.63) is 40.8 Å². The first-order chi connectivity index (χ1) is 10.2. The lowest BCUT2D eigenvalue weighted by atomic mass is 10.2. The van der Waals surface area contributed by atoms with Crippen molar-refractivity contribution in [1.29, 1.82) is 0 Å². The highest BCUT2D eigenvalue weighted by molar-refractivity contribution is 9.10. The van der Waals surface area contributed by atoms with E-state index in [0.717, 1.165) is 0 Å². The first-order valence-electron chi connectivity index (χ1n) is 6.46. The second kappa shape index (κ2) is 7.33. The minimum atomic E-state index is -0.333. The van der Waals surface area contributed by atoms with E-state index in [1.807, 2.05) is 0 Å². The first kappa shape index (κ1) is 15.7. The molecule has 0 unspecified atom stereocenters. The van der Waals surface area contributed by atoms with Crippen LogP contribution in [0.1, 0.15) is 6.42 Å². The Kier molecular flexibility index (Phi) is 5.46. The van der Waals surface area contributed by atoms with Crippen LogP contribution in [-0.2, 0) is 0 Å². The maximum absolute atomic E-state index is 14.0. The summed E-state index contributed by atoms with van der Waals surface area (Å²) in [6.07, 6.45) is 2.27. The largest absolute Gasteiger partial charge is 0.480 e. The minimum Gasteiger partial charge on any atom is -0.480 e. The van der Waals surface area contributed by atoms with Crippen LogP contribution in [0.5, 0.6) is 5.88 Å². The first-order valence-corrected chi connectivity index (χ1v) is 7.25. The number of para-hydroxylation sites is 1. The third-order valence-electron chi connectivity index (χ3n) is 2.86. The zero-order valence-corrected chi connectivity index (χ0v) is 13.2. The Morgan fingerprint density at radius 3 is 2.81 bits per heavy atom. The van der Waals surface area contributed by atoms with E-state index < -0.39 is 0 Å². The minimum absolute atomic E-state index is 0.333. The van der Waals surface area contributed by atoms with Crippen LogP contribution in [-0.4, -0.2) is 30.2 Å². The monoisotopic (exact) mass is 354 g/mol. The molecule has 7 heteroatoms. The number of nitrogens with zero attached hydrogens (tertiary/aromatic N) is 3. The Labute approximate surface area is 131 Å². The maximum Gasteiger partial charge on any atom is 0.233 e. The van der Waals surface area contributed by atoms with Crippen LogP contribution < -0.4 is 15.4 Å². The number of anilines is 2. The molecule has 1 aromatic heterocycles. The van der Waals surface area contributed by atoms with Crippen molar-refractivity contribution in [2.24, 2.45) is 5.73 Å². The van der Waals surface area contributed by atoms with Crippen LogP contribution in [0.2, 0.25) is 0 Å². The number of aromatic nitrogens is 2. The van der Waals surface area contributed by atoms with Crippen LogP contribution >= 0.6 is 15.9 Å². The van der Waals surface area contributed by atoms with Gasteiger partial charge in [0.1, 0.15) is 5.82 Å². The average molecular weight is 355 g/mol. The molecule has 5 nitrogen and oxygen atoms in total. The molecule has 0 amide bonds. The molecule has 0 aliphatic rings. The smallest absolute Gasteiger partial charge is 0.233 e. The van der Waals surface area contributed by atoms with E-state index in [4.69, 9.17) is 10.5 Å². The number of methoxy groups -OCH3 is 1. The predicted octanol–water partition coefficient (Wildman–Crippen LogP) is 2.87. The summed E-state index contributed by atoms with van der Waals surface area (Å²) in [7, 11) is 1.52. The molecule has 0 aliphatic carbocycles. The van der Waals surface area contributed by atoms with Crippen molar-refractivity contribution >= 4 is 27.6 Å². The fourth-order valence-corrected chi connectivity index (χ4v) is 2.22. The van der Waals surface area contributed by atoms with Crippen LogP contribution in [0, 0.1) is 5.82 Å². The highest BCUT2D eigenvalue weighted by Crippen LogP contribution is 2.29. The van der Waals surface area contributed by atoms with Gasteiger partial charge in [-0.05, 0) is 41.0 Å². The number of hydrogen-bond donors (Lipinski definition) is 1. The fourth-order valence-electron chi connectivity index (χ4n) is 1.86. The summed E-state index contributed by atoms with van der Waals surface area (Å²) < 4.78 is 19.8. The molecule has 1 aromatic carbocycles. The average Bonchev–Trinajstić information content (AvgIpc) is 2.50. The van der Waals surface area contributed by atoms with E-state index in [9.17, 15) is 4.39 Å². The van der Waals surface area contributed by atoms with Crippen LogP contribution in [0.3, 0.4) is 0 Å². The normalized spacial score (nSPS) is 10.5. The van der Waals surface area contributed by atoms with Crippen molar-refractivity contribution in [1.82, 2.24) is 9.97 Å². The van der Waals surface area contributed by atoms with Gasteiger partial charge in [-0.3, -0.25) is 0 Å². The van der Waals surface area contributed by atoms with E-state index in [-0.39, 0.29) is 5.82 Å². The Balaban J connectivity index is 2.43. The zero-order valence-electron chi connectivity index (χ0n) is 11.6. The summed E-state index contributed by atoms with van der Waals surface area (Å²) in [5.41, 5.74) is 5.97. The number of benzene rings is 1. The van der Waals surface area contributed by atoms with Gasteiger partial charge in [-0.1, -0.05) is 12.1 Å². The Morgan fingerprint density at radius 2 is 2.14 bits per heavy atom. The van der Waals surface area contributed by atoms with E-state index >= 15 is 0 Å². The van der Waals surface area contributed by atoms with E-state index in [1.165, 1.54) is 13.2 Å². The predicted molar refractivity (Wildman–Crippen MR) is 83.4 cm³/mol. The molecule has 0 fully saturated rings. The van der Waals surface area contributed by atoms with Crippen LogP contribution in [0.4, 0.5) is 16.0 Å². The van der Waals surface area contributed by atoms with E-state index in [1.54, 1.807) is 29.3 Å². The third-order valence-corrected chi connectivity index (χ3v) is 3.41. The van der Waals surface area contributed by atoms with Crippen LogP contribution in [0.25, 0.3) is 0 Å². The molecule has 112 valence electrons. The van der Waals surface area contributed by atoms with Crippen molar-refractivity contribution in [2.75, 3.05) is 25.1 Å². The summed E-state index contributed by atoms with van der Waals surface area (Å²) >= 11 is 3.30. The number of ether oxygens (including phenoxy) is 1. The van der Waals surface area contributed by atoms with E-state index in [2.05, 4.69) is 25.9 Å². The second-order valence-corrected chi connectivity index (χ2v) is 5.13. The molecule has 0 aliphatic heterocycles. The van der Waals surface area contributed by atoms with Crippen LogP contribution in [0.15, 0.2) is 34.9 Å². The highest BCUT2D eigenvalue weighted by atomic mass is 79.9. The highest BCUT2D eigenvalue weighted by Gasteiger charge is 2.17. The number of rotatable bonds is 6. The van der Waals surface area contributed by atoms with Crippen molar-refractivity contribution in [3.8, 4) is 5.88 Å². The Morgan fingerprint density at radius 1 is 1.38 bits per heavy atom. The lowest BCUT2D eigenvalue weighted by Crippen LogP contribution is -2.24. The molecule has 0 saturated carbocycles. The maximum atomic E-state index is 14.0. The molecule has 2 N–H and O–H groups in total. The topological polar surface area (TPSA) is 64.3 Å². The SMILES string of the molecule is COc1nc(N(CCCN)c2ccccc2F)ncc1Br. The third kappa shape index (κ3) is 3.68. The molecule has 1 heterocycles. The molecule has 2 aromatic rings. The summed E-state index contributed by atoms with van der Waals surface area (Å²) in [6, 6.07) is 6.50. The quantitative estimate of drug-likeness (QED) is 0.863. The summed E-state index contributed by atoms with van der Waals surface area (Å²) in [5.74, 6) is 0.433. The number of hydrogen-bond acceptors (Lipinski definition) is 5. The molecule has 0 radical (unpaired) electrons. The Bertz CT molecular complexity index is 611. The lowest BCUT2D eigenvalue weighted by Gasteiger charge is -2.23. The molecule has 0 bridgehead atoms. The van der Waals surface area contributed by atoms with Gasteiger partial charge in [0.15, 0.2) is 0 Å². The van der Waals surface area contributed by atoms with Crippen molar-refractivity contribution in [3.63, 3.8) is 0 Å². The fraction of sp³-hybridized carbons (Fsp3) is 0.286. The standard InChI is InChI=1S/C14H16BrFN4O/c1-21-13-10(15)9-18-14(19-13)20(8-4-7-17)12-6-3-2-5-11(12)16/h2-3,5-6,9H,4,7-8,17H2,1H3. The second-order valence-electron chi connectivity index (χ2n) is 4.27. The molecular weight excluding hydrogens is 339 g/mol. The van der Waals surface area contributed by atoms with Gasteiger partial charge in [-0.2, -0.15) is 4.98 Å². The summed E-state index contributed by atoms with van der Waals surface area (Å²) in [6.45, 7) is 1.01. The van der Waals surface area contributed by atoms with Gasteiger partial charge in [-0.15, -0.1) is 0 Å². The number of halogens is 2. The van der Waals surface area contributed by atoms with Crippen molar-refractivity contribution in [2.45, 2.75) is 6.42 Å². The summed E-state index contributed by atoms with van der Waals surface area (Å²) in [4.78, 5) is 10.2. The molecule has 0 atom stereocenters. The molecular formula is C14H16BrFN4O. The van der Waals surface area contributed by atoms with Crippen molar-refractivity contribution < 1.29 is 9.13 Å². The summed E-state index contributed by atoms with van der Waals surface area (Å²) in [5, 5.41) is 0. The molecule has 0 saturated heterocycles. The van der Waals surface area contributed by atoms with Gasteiger partial charge in [0.2, 0.25) is 11.8 Å². The lowest BCUT2D eigenvalue weighted by molar-refractivity contribution is 0.394. The van der Waals surface area contributed by atoms with Gasteiger partial charge < -0.3 is 15.4 Å². The molecule has 21 heavy (non-hydrogen) atoms.